The van der Waals surface area contributed by atoms with Gasteiger partial charge in [0.05, 0.1) is 7.11 Å². The molecule has 0 radical (unpaired) electrons. The highest BCUT2D eigenvalue weighted by molar-refractivity contribution is 7.86. The topological polar surface area (TPSA) is 63.6 Å². The highest BCUT2D eigenvalue weighted by Crippen LogP contribution is 2.40. The van der Waals surface area contributed by atoms with E-state index in [9.17, 15) is 13.0 Å². The van der Waals surface area contributed by atoms with Crippen molar-refractivity contribution >= 4 is 10.1 Å². The van der Waals surface area contributed by atoms with Gasteiger partial charge in [-0.15, -0.1) is 0 Å². The van der Waals surface area contributed by atoms with E-state index >= 15 is 0 Å². The standard InChI is InChI=1S/C12H12O4S/c1-8-7-11(17(13,14)15)9-5-3-4-6-10(16-2)12(8)9/h3-7H,1-2H3,(H,13,14,15). The zero-order valence-corrected chi connectivity index (χ0v) is 10.3. The number of methoxy groups -OCH3 is 1. The van der Waals surface area contributed by atoms with Crippen LogP contribution in [0, 0.1) is 6.92 Å². The first-order valence-corrected chi connectivity index (χ1v) is 6.43. The highest BCUT2D eigenvalue weighted by atomic mass is 32.2. The van der Waals surface area contributed by atoms with Gasteiger partial charge >= 0.3 is 0 Å². The molecule has 0 heterocycles. The number of hydrogen-bond donors (Lipinski definition) is 1. The van der Waals surface area contributed by atoms with Crippen molar-refractivity contribution in [2.45, 2.75) is 11.8 Å². The van der Waals surface area contributed by atoms with Crippen LogP contribution in [0.3, 0.4) is 0 Å². The van der Waals surface area contributed by atoms with Crippen LogP contribution in [0.5, 0.6) is 5.75 Å². The van der Waals surface area contributed by atoms with Crippen molar-refractivity contribution in [3.63, 3.8) is 0 Å². The van der Waals surface area contributed by atoms with E-state index in [1.165, 1.54) is 13.2 Å². The van der Waals surface area contributed by atoms with E-state index in [0.717, 1.165) is 5.56 Å². The molecule has 0 aromatic rings. The molecular formula is C12H12O4S. The van der Waals surface area contributed by atoms with Gasteiger partial charge in [0.2, 0.25) is 0 Å². The van der Waals surface area contributed by atoms with Gasteiger partial charge in [0, 0.05) is 11.1 Å². The van der Waals surface area contributed by atoms with Gasteiger partial charge in [0.1, 0.15) is 10.6 Å². The molecule has 17 heavy (non-hydrogen) atoms. The van der Waals surface area contributed by atoms with Crippen LogP contribution < -0.4 is 4.74 Å². The van der Waals surface area contributed by atoms with E-state index in [0.29, 0.717) is 16.9 Å². The Hall–Kier alpha value is -1.59. The molecule has 0 unspecified atom stereocenters. The van der Waals surface area contributed by atoms with Gasteiger partial charge in [-0.2, -0.15) is 8.42 Å². The molecular weight excluding hydrogens is 240 g/mol. The summed E-state index contributed by atoms with van der Waals surface area (Å²) in [5.74, 6) is 0.581. The SMILES string of the molecule is COc1ccccc2c(S(=O)(=O)O)cc(C)c1-2. The van der Waals surface area contributed by atoms with Gasteiger partial charge in [-0.3, -0.25) is 4.55 Å². The Morgan fingerprint density at radius 1 is 1.24 bits per heavy atom. The molecule has 0 fully saturated rings. The van der Waals surface area contributed by atoms with Crippen molar-refractivity contribution in [3.05, 3.63) is 35.9 Å². The summed E-state index contributed by atoms with van der Waals surface area (Å²) < 4.78 is 36.9. The Kier molecular flexibility index (Phi) is 2.81. The first kappa shape index (κ1) is 11.9. The fourth-order valence-corrected chi connectivity index (χ4v) is 2.71. The summed E-state index contributed by atoms with van der Waals surface area (Å²) in [7, 11) is -2.70. The van der Waals surface area contributed by atoms with Crippen molar-refractivity contribution in [1.82, 2.24) is 0 Å². The van der Waals surface area contributed by atoms with Crippen molar-refractivity contribution in [3.8, 4) is 16.9 Å². The first-order valence-electron chi connectivity index (χ1n) is 4.99. The van der Waals surface area contributed by atoms with Crippen LogP contribution in [0.4, 0.5) is 0 Å². The third-order valence-corrected chi connectivity index (χ3v) is 3.54. The average molecular weight is 252 g/mol. The lowest BCUT2D eigenvalue weighted by Gasteiger charge is -2.04. The van der Waals surface area contributed by atoms with Crippen LogP contribution in [-0.2, 0) is 10.1 Å². The van der Waals surface area contributed by atoms with Crippen LogP contribution in [0.25, 0.3) is 11.1 Å². The van der Waals surface area contributed by atoms with Gasteiger partial charge in [0.15, 0.2) is 0 Å². The van der Waals surface area contributed by atoms with Crippen molar-refractivity contribution in [2.75, 3.05) is 7.11 Å². The maximum Gasteiger partial charge on any atom is 0.295 e. The quantitative estimate of drug-likeness (QED) is 0.833. The van der Waals surface area contributed by atoms with E-state index in [1.807, 2.05) is 0 Å². The van der Waals surface area contributed by atoms with Gasteiger partial charge in [-0.1, -0.05) is 18.2 Å². The Morgan fingerprint density at radius 3 is 2.47 bits per heavy atom. The second-order valence-corrected chi connectivity index (χ2v) is 5.13. The number of hydrogen-bond acceptors (Lipinski definition) is 3. The lowest BCUT2D eigenvalue weighted by Crippen LogP contribution is -1.97. The molecule has 2 aliphatic carbocycles. The first-order chi connectivity index (χ1) is 7.95. The molecule has 0 aromatic heterocycles. The Bertz CT molecular complexity index is 631. The van der Waals surface area contributed by atoms with Gasteiger partial charge in [0.25, 0.3) is 10.1 Å². The third-order valence-electron chi connectivity index (χ3n) is 2.64. The minimum Gasteiger partial charge on any atom is -0.496 e. The molecule has 90 valence electrons. The molecule has 0 saturated heterocycles. The maximum atomic E-state index is 11.3. The van der Waals surface area contributed by atoms with E-state index in [2.05, 4.69) is 0 Å². The molecule has 0 spiro atoms. The molecule has 0 amide bonds. The van der Waals surface area contributed by atoms with Gasteiger partial charge < -0.3 is 4.74 Å². The van der Waals surface area contributed by atoms with E-state index < -0.39 is 10.1 Å². The summed E-state index contributed by atoms with van der Waals surface area (Å²) in [4.78, 5) is -0.0838. The predicted octanol–water partition coefficient (Wildman–Crippen LogP) is 2.36. The Labute approximate surface area is 99.9 Å². The fraction of sp³-hybridized carbons (Fsp3) is 0.167. The lowest BCUT2D eigenvalue weighted by atomic mass is 10.1. The Balaban J connectivity index is 2.86. The molecule has 0 aliphatic heterocycles. The summed E-state index contributed by atoms with van der Waals surface area (Å²) in [5, 5.41) is 0. The Morgan fingerprint density at radius 2 is 1.88 bits per heavy atom. The molecule has 0 bridgehead atoms. The molecule has 1 N–H and O–H groups in total. The third kappa shape index (κ3) is 1.99. The van der Waals surface area contributed by atoms with E-state index in [4.69, 9.17) is 4.74 Å². The van der Waals surface area contributed by atoms with E-state index in [1.54, 1.807) is 31.2 Å². The van der Waals surface area contributed by atoms with Crippen LogP contribution in [0.1, 0.15) is 5.56 Å². The number of aryl methyl sites for hydroxylation is 1. The van der Waals surface area contributed by atoms with Crippen molar-refractivity contribution in [2.24, 2.45) is 0 Å². The highest BCUT2D eigenvalue weighted by Gasteiger charge is 2.23. The second kappa shape index (κ2) is 4.01. The summed E-state index contributed by atoms with van der Waals surface area (Å²) in [6.07, 6.45) is 0. The van der Waals surface area contributed by atoms with Crippen LogP contribution >= 0.6 is 0 Å². The number of ether oxygens (including phenoxy) is 1. The summed E-state index contributed by atoms with van der Waals surface area (Å²) in [5.41, 5.74) is 1.91. The van der Waals surface area contributed by atoms with Crippen molar-refractivity contribution in [1.29, 1.82) is 0 Å². The molecule has 4 nitrogen and oxygen atoms in total. The fourth-order valence-electron chi connectivity index (χ4n) is 1.94. The van der Waals surface area contributed by atoms with Crippen LogP contribution in [-0.4, -0.2) is 20.1 Å². The zero-order chi connectivity index (χ0) is 12.6. The smallest absolute Gasteiger partial charge is 0.295 e. The minimum absolute atomic E-state index is 0.0838. The van der Waals surface area contributed by atoms with Gasteiger partial charge in [-0.25, -0.2) is 0 Å². The number of fused-ring (bicyclic) bond motifs is 1. The second-order valence-electron chi connectivity index (χ2n) is 3.74. The van der Waals surface area contributed by atoms with Crippen LogP contribution in [0.2, 0.25) is 0 Å². The zero-order valence-electron chi connectivity index (χ0n) is 9.47. The molecule has 0 atom stereocenters. The average Bonchev–Trinajstić information content (AvgIpc) is 2.47. The molecule has 0 saturated carbocycles. The largest absolute Gasteiger partial charge is 0.496 e. The predicted molar refractivity (Wildman–Crippen MR) is 64.2 cm³/mol. The van der Waals surface area contributed by atoms with Crippen molar-refractivity contribution < 1.29 is 17.7 Å². The van der Waals surface area contributed by atoms with Crippen LogP contribution in [0.15, 0.2) is 35.2 Å². The molecule has 2 aliphatic rings. The number of rotatable bonds is 2. The summed E-state index contributed by atoms with van der Waals surface area (Å²) >= 11 is 0. The minimum atomic E-state index is -4.22. The maximum absolute atomic E-state index is 11.3. The molecule has 5 heteroatoms. The monoisotopic (exact) mass is 252 g/mol. The molecule has 0 aromatic carbocycles. The molecule has 2 rings (SSSR count). The summed E-state index contributed by atoms with van der Waals surface area (Å²) in [6, 6.07) is 8.31. The van der Waals surface area contributed by atoms with E-state index in [-0.39, 0.29) is 4.90 Å². The summed E-state index contributed by atoms with van der Waals surface area (Å²) in [6.45, 7) is 1.78. The lowest BCUT2D eigenvalue weighted by molar-refractivity contribution is 0.416. The van der Waals surface area contributed by atoms with Gasteiger partial charge in [-0.05, 0) is 24.6 Å². The normalized spacial score (nSPS) is 11.7.